The molecule has 0 saturated heterocycles. The Labute approximate surface area is 115 Å². The summed E-state index contributed by atoms with van der Waals surface area (Å²) in [5.74, 6) is 0. The fourth-order valence-electron chi connectivity index (χ4n) is 1.55. The summed E-state index contributed by atoms with van der Waals surface area (Å²) in [4.78, 5) is 1.31. The van der Waals surface area contributed by atoms with Gasteiger partial charge in [0, 0.05) is 28.1 Å². The summed E-state index contributed by atoms with van der Waals surface area (Å²) in [5.41, 5.74) is 0.458. The minimum Gasteiger partial charge on any atom is -0.351 e. The molecule has 0 radical (unpaired) electrons. The molecule has 1 unspecified atom stereocenters. The van der Waals surface area contributed by atoms with E-state index in [1.165, 1.54) is 11.9 Å². The van der Waals surface area contributed by atoms with Crippen molar-refractivity contribution in [1.29, 1.82) is 0 Å². The van der Waals surface area contributed by atoms with Crippen LogP contribution in [0, 0.1) is 0 Å². The van der Waals surface area contributed by atoms with Gasteiger partial charge in [-0.2, -0.15) is 8.42 Å². The third kappa shape index (κ3) is 3.12. The Balaban J connectivity index is 0.00000225. The predicted octanol–water partition coefficient (Wildman–Crippen LogP) is 1.29. The summed E-state index contributed by atoms with van der Waals surface area (Å²) >= 11 is 6.05. The third-order valence-electron chi connectivity index (χ3n) is 2.32. The van der Waals surface area contributed by atoms with Gasteiger partial charge < -0.3 is 10.2 Å². The number of nitrogens with one attached hydrogen (secondary N) is 1. The van der Waals surface area contributed by atoms with Crippen LogP contribution in [0.25, 0.3) is 0 Å². The Bertz CT molecular complexity index is 394. The van der Waals surface area contributed by atoms with E-state index in [1.807, 2.05) is 6.92 Å². The van der Waals surface area contributed by atoms with E-state index in [9.17, 15) is 8.42 Å². The first-order valence-electron chi connectivity index (χ1n) is 4.61. The van der Waals surface area contributed by atoms with Gasteiger partial charge in [0.15, 0.2) is 10.2 Å². The molecule has 1 aliphatic rings. The van der Waals surface area contributed by atoms with E-state index in [0.717, 1.165) is 6.42 Å². The normalized spacial score (nSPS) is 25.4. The van der Waals surface area contributed by atoms with E-state index >= 15 is 0 Å². The molecule has 5 nitrogen and oxygen atoms in total. The Morgan fingerprint density at radius 3 is 2.44 bits per heavy atom. The van der Waals surface area contributed by atoms with Crippen molar-refractivity contribution in [3.05, 3.63) is 10.7 Å². The van der Waals surface area contributed by atoms with Crippen LogP contribution in [-0.2, 0) is 31.2 Å². The Hall–Kier alpha value is 0.228. The number of allylic oxidation sites excluding steroid dienone is 1. The standard InChI is InChI=1S/C8H15ClN2O3S.Pt/c1-4-5-6-7(15(12,13)14)11(3)8(2,9)10-6;/h10H,4-5H2,1-3H3,(H,12,13,14);. The van der Waals surface area contributed by atoms with E-state index in [2.05, 4.69) is 5.32 Å². The summed E-state index contributed by atoms with van der Waals surface area (Å²) in [7, 11) is -2.72. The molecule has 0 aromatic rings. The molecule has 0 fully saturated rings. The summed E-state index contributed by atoms with van der Waals surface area (Å²) in [5, 5.41) is 1.73. The second-order valence-corrected chi connectivity index (χ2v) is 5.72. The quantitative estimate of drug-likeness (QED) is 0.386. The van der Waals surface area contributed by atoms with Gasteiger partial charge in [0.25, 0.3) is 0 Å². The molecule has 98 valence electrons. The Morgan fingerprint density at radius 2 is 2.06 bits per heavy atom. The van der Waals surface area contributed by atoms with Crippen molar-refractivity contribution < 1.29 is 34.0 Å². The molecule has 0 bridgehead atoms. The summed E-state index contributed by atoms with van der Waals surface area (Å²) in [6.45, 7) is 3.54. The average Bonchev–Trinajstić information content (AvgIpc) is 2.21. The van der Waals surface area contributed by atoms with E-state index in [1.54, 1.807) is 6.92 Å². The van der Waals surface area contributed by atoms with E-state index in [-0.39, 0.29) is 26.1 Å². The molecule has 1 heterocycles. The summed E-state index contributed by atoms with van der Waals surface area (Å²) in [6, 6.07) is 0. The maximum Gasteiger partial charge on any atom is 0.311 e. The fraction of sp³-hybridized carbons (Fsp3) is 0.750. The third-order valence-corrected chi connectivity index (χ3v) is 3.67. The Kier molecular flexibility index (Phi) is 5.33. The van der Waals surface area contributed by atoms with Crippen LogP contribution in [0.2, 0.25) is 0 Å². The SMILES string of the molecule is CCCC1=C(S(=O)(=O)O)N(C)C(C)(Cl)N1.[Pt]. The monoisotopic (exact) mass is 449 g/mol. The molecule has 1 atom stereocenters. The van der Waals surface area contributed by atoms with Crippen molar-refractivity contribution in [3.63, 3.8) is 0 Å². The van der Waals surface area contributed by atoms with Crippen LogP contribution in [0.1, 0.15) is 26.7 Å². The van der Waals surface area contributed by atoms with Gasteiger partial charge in [-0.15, -0.1) is 0 Å². The number of hydrogen-bond donors (Lipinski definition) is 2. The Morgan fingerprint density at radius 1 is 1.56 bits per heavy atom. The number of hydrogen-bond acceptors (Lipinski definition) is 4. The van der Waals surface area contributed by atoms with Crippen LogP contribution in [0.5, 0.6) is 0 Å². The van der Waals surface area contributed by atoms with Crippen LogP contribution in [0.15, 0.2) is 10.7 Å². The van der Waals surface area contributed by atoms with Crippen LogP contribution in [0.4, 0.5) is 0 Å². The smallest absolute Gasteiger partial charge is 0.311 e. The topological polar surface area (TPSA) is 69.6 Å². The summed E-state index contributed by atoms with van der Waals surface area (Å²) < 4.78 is 31.4. The first kappa shape index (κ1) is 16.2. The van der Waals surface area contributed by atoms with Crippen LogP contribution in [0.3, 0.4) is 0 Å². The number of rotatable bonds is 3. The molecule has 1 rings (SSSR count). The van der Waals surface area contributed by atoms with Crippen LogP contribution >= 0.6 is 11.6 Å². The number of alkyl halides is 1. The molecule has 0 spiro atoms. The molecular formula is C8H15ClN2O3PtS. The van der Waals surface area contributed by atoms with Crippen molar-refractivity contribution in [2.24, 2.45) is 0 Å². The largest absolute Gasteiger partial charge is 0.351 e. The molecule has 0 aromatic heterocycles. The minimum atomic E-state index is -4.24. The molecule has 16 heavy (non-hydrogen) atoms. The minimum absolute atomic E-state index is 0. The summed E-state index contributed by atoms with van der Waals surface area (Å²) in [6.07, 6.45) is 1.30. The van der Waals surface area contributed by atoms with Crippen molar-refractivity contribution in [3.8, 4) is 0 Å². The zero-order chi connectivity index (χ0) is 11.9. The van der Waals surface area contributed by atoms with Gasteiger partial charge in [-0.25, -0.2) is 0 Å². The molecule has 0 aromatic carbocycles. The van der Waals surface area contributed by atoms with Gasteiger partial charge in [-0.3, -0.25) is 4.55 Å². The van der Waals surface area contributed by atoms with Crippen molar-refractivity contribution in [2.75, 3.05) is 7.05 Å². The van der Waals surface area contributed by atoms with E-state index in [0.29, 0.717) is 12.1 Å². The second kappa shape index (κ2) is 5.25. The average molecular weight is 450 g/mol. The zero-order valence-corrected chi connectivity index (χ0v) is 13.1. The van der Waals surface area contributed by atoms with Gasteiger partial charge >= 0.3 is 10.1 Å². The number of nitrogens with zero attached hydrogens (tertiary/aromatic N) is 1. The predicted molar refractivity (Wildman–Crippen MR) is 58.6 cm³/mol. The fourth-order valence-corrected chi connectivity index (χ4v) is 2.80. The molecule has 2 N–H and O–H groups in total. The number of halogens is 1. The maximum absolute atomic E-state index is 11.2. The molecule has 1 aliphatic heterocycles. The maximum atomic E-state index is 11.2. The van der Waals surface area contributed by atoms with Gasteiger partial charge in [0.1, 0.15) is 0 Å². The van der Waals surface area contributed by atoms with Crippen molar-refractivity contribution in [1.82, 2.24) is 10.2 Å². The van der Waals surface area contributed by atoms with E-state index < -0.39 is 15.2 Å². The van der Waals surface area contributed by atoms with Gasteiger partial charge in [0.2, 0.25) is 0 Å². The first-order chi connectivity index (χ1) is 6.70. The van der Waals surface area contributed by atoms with Crippen LogP contribution in [-0.4, -0.2) is 30.0 Å². The molecule has 0 aliphatic carbocycles. The second-order valence-electron chi connectivity index (χ2n) is 3.65. The van der Waals surface area contributed by atoms with Crippen molar-refractivity contribution in [2.45, 2.75) is 31.8 Å². The zero-order valence-electron chi connectivity index (χ0n) is 9.23. The molecule has 8 heteroatoms. The molecule has 0 saturated carbocycles. The van der Waals surface area contributed by atoms with Gasteiger partial charge in [0.05, 0.1) is 5.70 Å². The van der Waals surface area contributed by atoms with Gasteiger partial charge in [-0.1, -0.05) is 24.9 Å². The van der Waals surface area contributed by atoms with E-state index in [4.69, 9.17) is 16.2 Å². The van der Waals surface area contributed by atoms with Crippen molar-refractivity contribution >= 4 is 21.7 Å². The van der Waals surface area contributed by atoms with Crippen LogP contribution < -0.4 is 5.32 Å². The first-order valence-corrected chi connectivity index (χ1v) is 6.43. The van der Waals surface area contributed by atoms with Gasteiger partial charge in [-0.05, 0) is 13.3 Å². The molecular weight excluding hydrogens is 435 g/mol. The molecule has 0 amide bonds.